The van der Waals surface area contributed by atoms with Gasteiger partial charge in [0.2, 0.25) is 24.4 Å². The van der Waals surface area contributed by atoms with Gasteiger partial charge in [-0.3, -0.25) is 28.1 Å². The first-order valence-corrected chi connectivity index (χ1v) is 14.8. The van der Waals surface area contributed by atoms with Gasteiger partial charge in [0.1, 0.15) is 0 Å². The van der Waals surface area contributed by atoms with Crippen molar-refractivity contribution in [2.45, 2.75) is 51.8 Å². The number of hydrogen-bond acceptors (Lipinski definition) is 10. The highest BCUT2D eigenvalue weighted by Crippen LogP contribution is 2.45. The molecule has 0 aromatic rings. The van der Waals surface area contributed by atoms with Crippen molar-refractivity contribution < 1.29 is 76.3 Å². The number of rotatable bonds is 14. The minimum absolute atomic E-state index is 0.0531. The van der Waals surface area contributed by atoms with E-state index < -0.39 is 53.7 Å². The Morgan fingerprint density at radius 3 is 1.69 bits per heavy atom. The number of aliphatic hydroxyl groups is 1. The average molecular weight is 575 g/mol. The zero-order valence-electron chi connectivity index (χ0n) is 19.1. The molecule has 1 aliphatic rings. The normalized spacial score (nSPS) is 17.9. The fourth-order valence-corrected chi connectivity index (χ4v) is 4.03. The van der Waals surface area contributed by atoms with E-state index in [1.807, 2.05) is 0 Å². The molecule has 0 radical (unpaired) electrons. The summed E-state index contributed by atoms with van der Waals surface area (Å²) in [5.74, 6) is -0.873. The van der Waals surface area contributed by atoms with E-state index in [1.54, 1.807) is 13.8 Å². The molecule has 0 aliphatic carbocycles. The van der Waals surface area contributed by atoms with Gasteiger partial charge in [0.05, 0.1) is 25.4 Å². The van der Waals surface area contributed by atoms with Crippen molar-refractivity contribution in [3.63, 3.8) is 0 Å². The molecule has 7 N–H and O–H groups in total. The van der Waals surface area contributed by atoms with Crippen molar-refractivity contribution in [1.82, 2.24) is 4.90 Å². The van der Waals surface area contributed by atoms with Crippen molar-refractivity contribution in [3.05, 3.63) is 0 Å². The van der Waals surface area contributed by atoms with Crippen LogP contribution < -0.4 is 0 Å². The third-order valence-electron chi connectivity index (χ3n) is 4.39. The summed E-state index contributed by atoms with van der Waals surface area (Å²) in [6.45, 7) is 2.85. The topological polar surface area (TPSA) is 267 Å². The van der Waals surface area contributed by atoms with Gasteiger partial charge in [-0.05, 0) is 19.3 Å². The molecule has 0 saturated carbocycles. The van der Waals surface area contributed by atoms with Gasteiger partial charge in [0, 0.05) is 20.0 Å². The number of carbonyl (C=O) groups is 2. The Balaban J connectivity index is 0.000000883. The van der Waals surface area contributed by atoms with Gasteiger partial charge >= 0.3 is 23.2 Å². The van der Waals surface area contributed by atoms with Crippen LogP contribution in [0.5, 0.6) is 0 Å². The van der Waals surface area contributed by atoms with Crippen molar-refractivity contribution in [2.75, 3.05) is 26.4 Å². The zero-order chi connectivity index (χ0) is 27.6. The fraction of sp³-hybridized carbons (Fsp3) is 0.867. The lowest BCUT2D eigenvalue weighted by Crippen LogP contribution is -2.38. The molecular weight excluding hydrogens is 543 g/mol. The summed E-state index contributed by atoms with van der Waals surface area (Å²) in [6.07, 6.45) is -4.15. The Hall–Kier alpha value is -0.610. The summed E-state index contributed by atoms with van der Waals surface area (Å²) in [5, 5.41) is 8.96. The zero-order valence-corrected chi connectivity index (χ0v) is 21.8. The monoisotopic (exact) mass is 575 g/mol. The Morgan fingerprint density at radius 2 is 1.34 bits per heavy atom. The van der Waals surface area contributed by atoms with Gasteiger partial charge in [-0.25, -0.2) is 9.13 Å². The van der Waals surface area contributed by atoms with Crippen LogP contribution in [0, 0.1) is 5.92 Å². The molecule has 208 valence electrons. The van der Waals surface area contributed by atoms with Crippen LogP contribution in [0.4, 0.5) is 0 Å². The highest BCUT2D eigenvalue weighted by Gasteiger charge is 2.37. The van der Waals surface area contributed by atoms with E-state index in [0.717, 1.165) is 12.0 Å². The van der Waals surface area contributed by atoms with Crippen molar-refractivity contribution in [3.8, 4) is 0 Å². The minimum atomic E-state index is -5.19. The first kappa shape index (κ1) is 34.4. The van der Waals surface area contributed by atoms with E-state index in [9.17, 15) is 23.3 Å². The summed E-state index contributed by atoms with van der Waals surface area (Å²) >= 11 is 0. The molecule has 0 aromatic heterocycles. The molecule has 1 aliphatic heterocycles. The lowest BCUT2D eigenvalue weighted by Gasteiger charge is -2.26. The molecule has 1 saturated heterocycles. The number of hydrogen-bond donors (Lipinski definition) is 7. The number of aliphatic hydroxyl groups excluding tert-OH is 1. The summed E-state index contributed by atoms with van der Waals surface area (Å²) in [7, 11) is -13.3. The number of imide groups is 1. The largest absolute Gasteiger partial charge is 0.472 e. The predicted octanol–water partition coefficient (Wildman–Crippen LogP) is -0.760. The van der Waals surface area contributed by atoms with Gasteiger partial charge < -0.3 is 43.9 Å². The highest BCUT2D eigenvalue weighted by molar-refractivity contribution is 7.51. The SMILES string of the molecule is CC(O)C(C)CCP(=O)(O)O.COC(OCCN1C(=O)CCC1=O)C(OP(=O)(O)O)OP(=O)(O)O. The number of ether oxygens (including phenoxy) is 2. The predicted molar refractivity (Wildman–Crippen MR) is 115 cm³/mol. The lowest BCUT2D eigenvalue weighted by atomic mass is 10.0. The van der Waals surface area contributed by atoms with E-state index >= 15 is 0 Å². The summed E-state index contributed by atoms with van der Waals surface area (Å²) in [6, 6.07) is 0. The van der Waals surface area contributed by atoms with Crippen molar-refractivity contribution in [1.29, 1.82) is 0 Å². The molecule has 17 nitrogen and oxygen atoms in total. The molecule has 35 heavy (non-hydrogen) atoms. The Bertz CT molecular complexity index is 779. The number of carbonyl (C=O) groups excluding carboxylic acids is 2. The Morgan fingerprint density at radius 1 is 0.886 bits per heavy atom. The standard InChI is InChI=1S/C9H17NO12P2.C6H15O4P/c1-19-8(9(21-23(13,14)15)22-24(16,17)18)20-5-4-10-6(11)2-3-7(10)12;1-5(6(2)7)3-4-11(8,9)10/h8-9H,2-5H2,1H3,(H2,13,14,15)(H2,16,17,18);5-7H,3-4H2,1-2H3,(H2,8,9,10). The molecule has 2 amide bonds. The number of nitrogens with zero attached hydrogens (tertiary/aromatic N) is 1. The maximum Gasteiger partial charge on any atom is 0.472 e. The second-order valence-corrected chi connectivity index (χ2v) is 11.5. The minimum Gasteiger partial charge on any atom is -0.393 e. The smallest absolute Gasteiger partial charge is 0.393 e. The molecule has 3 atom stereocenters. The van der Waals surface area contributed by atoms with Crippen LogP contribution in [0.3, 0.4) is 0 Å². The summed E-state index contributed by atoms with van der Waals surface area (Å²) < 4.78 is 49.9. The van der Waals surface area contributed by atoms with Crippen LogP contribution in [0.25, 0.3) is 0 Å². The van der Waals surface area contributed by atoms with Gasteiger partial charge in [-0.15, -0.1) is 0 Å². The number of phosphoric acid groups is 2. The first-order valence-electron chi connectivity index (χ1n) is 9.94. The van der Waals surface area contributed by atoms with E-state index in [-0.39, 0.29) is 38.1 Å². The highest BCUT2D eigenvalue weighted by atomic mass is 31.2. The fourth-order valence-electron chi connectivity index (χ4n) is 2.39. The van der Waals surface area contributed by atoms with Crippen LogP contribution >= 0.6 is 23.2 Å². The van der Waals surface area contributed by atoms with E-state index in [4.69, 9.17) is 39.2 Å². The number of amides is 2. The molecule has 1 rings (SSSR count). The molecule has 1 fully saturated rings. The van der Waals surface area contributed by atoms with Crippen LogP contribution in [-0.2, 0) is 41.8 Å². The molecule has 20 heteroatoms. The first-order chi connectivity index (χ1) is 15.8. The number of phosphoric ester groups is 2. The van der Waals surface area contributed by atoms with Crippen LogP contribution in [-0.4, -0.2) is 96.3 Å². The lowest BCUT2D eigenvalue weighted by molar-refractivity contribution is -0.232. The summed E-state index contributed by atoms with van der Waals surface area (Å²) in [4.78, 5) is 75.6. The second kappa shape index (κ2) is 15.0. The van der Waals surface area contributed by atoms with Crippen molar-refractivity contribution >= 4 is 35.1 Å². The quantitative estimate of drug-likeness (QED) is 0.0762. The van der Waals surface area contributed by atoms with Crippen LogP contribution in [0.1, 0.15) is 33.1 Å². The second-order valence-electron chi connectivity index (χ2n) is 7.37. The molecule has 3 unspecified atom stereocenters. The molecule has 0 spiro atoms. The number of methoxy groups -OCH3 is 1. The molecule has 0 bridgehead atoms. The van der Waals surface area contributed by atoms with E-state index in [0.29, 0.717) is 6.42 Å². The van der Waals surface area contributed by atoms with Crippen molar-refractivity contribution in [2.24, 2.45) is 5.92 Å². The molecular formula is C15H32NO16P3. The van der Waals surface area contributed by atoms with Gasteiger partial charge in [0.15, 0.2) is 0 Å². The molecule has 0 aromatic carbocycles. The van der Waals surface area contributed by atoms with Crippen LogP contribution in [0.2, 0.25) is 0 Å². The summed E-state index contributed by atoms with van der Waals surface area (Å²) in [5.41, 5.74) is 0. The third kappa shape index (κ3) is 16.7. The van der Waals surface area contributed by atoms with Gasteiger partial charge in [-0.1, -0.05) is 6.92 Å². The van der Waals surface area contributed by atoms with Crippen LogP contribution in [0.15, 0.2) is 0 Å². The Labute approximate surface area is 201 Å². The van der Waals surface area contributed by atoms with Gasteiger partial charge in [0.25, 0.3) is 0 Å². The van der Waals surface area contributed by atoms with E-state index in [2.05, 4.69) is 13.8 Å². The average Bonchev–Trinajstić information content (AvgIpc) is 2.98. The maximum absolute atomic E-state index is 11.4. The molecule has 1 heterocycles. The van der Waals surface area contributed by atoms with E-state index in [1.165, 1.54) is 0 Å². The Kier molecular flexibility index (Phi) is 14.7. The van der Waals surface area contributed by atoms with Gasteiger partial charge in [-0.2, -0.15) is 0 Å². The maximum atomic E-state index is 11.4. The number of likely N-dealkylation sites (tertiary alicyclic amines) is 1. The third-order valence-corrected chi connectivity index (χ3v) is 6.19.